The summed E-state index contributed by atoms with van der Waals surface area (Å²) in [5.41, 5.74) is 1.32. The van der Waals surface area contributed by atoms with Crippen molar-refractivity contribution in [2.45, 2.75) is 11.4 Å². The third-order valence-electron chi connectivity index (χ3n) is 2.92. The van der Waals surface area contributed by atoms with Crippen molar-refractivity contribution >= 4 is 10.0 Å². The molecule has 21 heavy (non-hydrogen) atoms. The quantitative estimate of drug-likeness (QED) is 0.916. The zero-order chi connectivity index (χ0) is 15.3. The van der Waals surface area contributed by atoms with Crippen LogP contribution < -0.4 is 9.46 Å². The van der Waals surface area contributed by atoms with Crippen LogP contribution in [-0.2, 0) is 16.6 Å². The van der Waals surface area contributed by atoms with Crippen LogP contribution in [-0.4, -0.2) is 15.5 Å². The van der Waals surface area contributed by atoms with Crippen molar-refractivity contribution in [3.8, 4) is 11.8 Å². The summed E-state index contributed by atoms with van der Waals surface area (Å²) in [6.45, 7) is 0.167. The van der Waals surface area contributed by atoms with Crippen molar-refractivity contribution in [1.29, 1.82) is 5.26 Å². The Morgan fingerprint density at radius 3 is 2.24 bits per heavy atom. The highest BCUT2D eigenvalue weighted by molar-refractivity contribution is 7.89. The summed E-state index contributed by atoms with van der Waals surface area (Å²) in [4.78, 5) is 0.178. The smallest absolute Gasteiger partial charge is 0.240 e. The molecule has 0 saturated carbocycles. The molecule has 0 aliphatic rings. The number of hydrogen-bond donors (Lipinski definition) is 1. The maximum absolute atomic E-state index is 12.1. The fourth-order valence-corrected chi connectivity index (χ4v) is 2.73. The highest BCUT2D eigenvalue weighted by Crippen LogP contribution is 2.15. The Morgan fingerprint density at radius 1 is 1.10 bits per heavy atom. The van der Waals surface area contributed by atoms with Gasteiger partial charge in [-0.25, -0.2) is 13.1 Å². The van der Waals surface area contributed by atoms with Crippen LogP contribution in [0.15, 0.2) is 53.4 Å². The minimum atomic E-state index is -3.57. The van der Waals surface area contributed by atoms with Gasteiger partial charge < -0.3 is 4.74 Å². The largest absolute Gasteiger partial charge is 0.497 e. The van der Waals surface area contributed by atoms with Crippen molar-refractivity contribution in [1.82, 2.24) is 4.72 Å². The molecule has 0 aliphatic heterocycles. The Hall–Kier alpha value is -2.36. The Labute approximate surface area is 123 Å². The molecule has 0 radical (unpaired) electrons. The van der Waals surface area contributed by atoms with E-state index >= 15 is 0 Å². The van der Waals surface area contributed by atoms with E-state index in [-0.39, 0.29) is 11.4 Å². The molecule has 108 valence electrons. The fraction of sp³-hybridized carbons (Fsp3) is 0.133. The highest BCUT2D eigenvalue weighted by atomic mass is 32.2. The summed E-state index contributed by atoms with van der Waals surface area (Å²) in [5, 5.41) is 8.71. The number of nitrogens with one attached hydrogen (secondary N) is 1. The first-order valence-corrected chi connectivity index (χ1v) is 7.66. The van der Waals surface area contributed by atoms with E-state index in [1.165, 1.54) is 19.2 Å². The number of nitriles is 1. The molecule has 0 aromatic heterocycles. The van der Waals surface area contributed by atoms with Crippen LogP contribution in [0.2, 0.25) is 0 Å². The van der Waals surface area contributed by atoms with E-state index in [2.05, 4.69) is 4.72 Å². The minimum Gasteiger partial charge on any atom is -0.497 e. The topological polar surface area (TPSA) is 79.2 Å². The molecule has 0 fully saturated rings. The van der Waals surface area contributed by atoms with E-state index in [4.69, 9.17) is 10.00 Å². The van der Waals surface area contributed by atoms with E-state index in [0.29, 0.717) is 11.3 Å². The Bertz CT molecular complexity index is 745. The predicted molar refractivity (Wildman–Crippen MR) is 78.2 cm³/mol. The maximum atomic E-state index is 12.1. The molecule has 0 amide bonds. The van der Waals surface area contributed by atoms with Crippen LogP contribution in [0, 0.1) is 11.3 Å². The van der Waals surface area contributed by atoms with Crippen molar-refractivity contribution in [2.75, 3.05) is 7.11 Å². The molecular weight excluding hydrogens is 288 g/mol. The van der Waals surface area contributed by atoms with Gasteiger partial charge in [0.25, 0.3) is 0 Å². The van der Waals surface area contributed by atoms with Crippen molar-refractivity contribution in [2.24, 2.45) is 0 Å². The monoisotopic (exact) mass is 302 g/mol. The van der Waals surface area contributed by atoms with Crippen molar-refractivity contribution in [3.63, 3.8) is 0 Å². The number of methoxy groups -OCH3 is 1. The van der Waals surface area contributed by atoms with Gasteiger partial charge in [-0.2, -0.15) is 5.26 Å². The van der Waals surface area contributed by atoms with Crippen LogP contribution >= 0.6 is 0 Å². The van der Waals surface area contributed by atoms with E-state index in [9.17, 15) is 8.42 Å². The summed E-state index contributed by atoms with van der Waals surface area (Å²) in [5.74, 6) is 0.598. The average Bonchev–Trinajstić information content (AvgIpc) is 2.53. The molecule has 0 bridgehead atoms. The van der Waals surface area contributed by atoms with Crippen LogP contribution in [0.4, 0.5) is 0 Å². The van der Waals surface area contributed by atoms with E-state index in [1.54, 1.807) is 36.4 Å². The Kier molecular flexibility index (Phi) is 4.58. The third-order valence-corrected chi connectivity index (χ3v) is 4.34. The number of sulfonamides is 1. The number of benzene rings is 2. The highest BCUT2D eigenvalue weighted by Gasteiger charge is 2.13. The van der Waals surface area contributed by atoms with Gasteiger partial charge in [-0.3, -0.25) is 0 Å². The van der Waals surface area contributed by atoms with E-state index in [0.717, 1.165) is 5.56 Å². The first kappa shape index (κ1) is 15.0. The lowest BCUT2D eigenvalue weighted by atomic mass is 10.1. The molecule has 0 unspecified atom stereocenters. The molecule has 2 aromatic rings. The molecule has 0 atom stereocenters. The average molecular weight is 302 g/mol. The molecular formula is C15H14N2O3S. The van der Waals surface area contributed by atoms with Crippen LogP contribution in [0.25, 0.3) is 0 Å². The summed E-state index contributed by atoms with van der Waals surface area (Å²) in [7, 11) is -2.05. The van der Waals surface area contributed by atoms with Gasteiger partial charge in [0, 0.05) is 6.54 Å². The van der Waals surface area contributed by atoms with Crippen LogP contribution in [0.3, 0.4) is 0 Å². The Balaban J connectivity index is 2.08. The summed E-state index contributed by atoms with van der Waals surface area (Å²) in [6.07, 6.45) is 0. The molecule has 0 spiro atoms. The van der Waals surface area contributed by atoms with Gasteiger partial charge in [0.1, 0.15) is 5.75 Å². The number of rotatable bonds is 5. The van der Waals surface area contributed by atoms with Gasteiger partial charge in [-0.1, -0.05) is 12.1 Å². The zero-order valence-electron chi connectivity index (χ0n) is 11.4. The molecule has 5 nitrogen and oxygen atoms in total. The van der Waals surface area contributed by atoms with E-state index < -0.39 is 10.0 Å². The van der Waals surface area contributed by atoms with Crippen LogP contribution in [0.5, 0.6) is 5.75 Å². The minimum absolute atomic E-state index is 0.167. The molecule has 6 heteroatoms. The lowest BCUT2D eigenvalue weighted by Crippen LogP contribution is -2.23. The number of ether oxygens (including phenoxy) is 1. The number of hydrogen-bond acceptors (Lipinski definition) is 4. The molecule has 2 rings (SSSR count). The Morgan fingerprint density at radius 2 is 1.71 bits per heavy atom. The third kappa shape index (κ3) is 3.81. The lowest BCUT2D eigenvalue weighted by Gasteiger charge is -2.07. The summed E-state index contributed by atoms with van der Waals surface area (Å²) < 4.78 is 31.8. The first-order valence-electron chi connectivity index (χ1n) is 6.18. The second-order valence-electron chi connectivity index (χ2n) is 4.31. The lowest BCUT2D eigenvalue weighted by molar-refractivity contribution is 0.414. The molecule has 0 aliphatic carbocycles. The van der Waals surface area contributed by atoms with Gasteiger partial charge in [0.2, 0.25) is 10.0 Å². The standard InChI is InChI=1S/C15H14N2O3S/c1-20-14-6-8-15(9-7-14)21(18,19)17-11-13-4-2-12(10-16)3-5-13/h2-9,17H,11H2,1H3. The van der Waals surface area contributed by atoms with Gasteiger partial charge in [0.05, 0.1) is 23.6 Å². The normalized spacial score (nSPS) is 10.9. The second-order valence-corrected chi connectivity index (χ2v) is 6.08. The summed E-state index contributed by atoms with van der Waals surface area (Å²) in [6, 6.07) is 14.9. The maximum Gasteiger partial charge on any atom is 0.240 e. The van der Waals surface area contributed by atoms with Gasteiger partial charge in [0.15, 0.2) is 0 Å². The van der Waals surface area contributed by atoms with Crippen molar-refractivity contribution in [3.05, 3.63) is 59.7 Å². The molecule has 0 saturated heterocycles. The molecule has 1 N–H and O–H groups in total. The van der Waals surface area contributed by atoms with Gasteiger partial charge >= 0.3 is 0 Å². The van der Waals surface area contributed by atoms with E-state index in [1.807, 2.05) is 6.07 Å². The van der Waals surface area contributed by atoms with Gasteiger partial charge in [-0.15, -0.1) is 0 Å². The number of nitrogens with zero attached hydrogens (tertiary/aromatic N) is 1. The van der Waals surface area contributed by atoms with Gasteiger partial charge in [-0.05, 0) is 42.0 Å². The zero-order valence-corrected chi connectivity index (χ0v) is 12.2. The molecule has 2 aromatic carbocycles. The van der Waals surface area contributed by atoms with Crippen molar-refractivity contribution < 1.29 is 13.2 Å². The summed E-state index contributed by atoms with van der Waals surface area (Å²) >= 11 is 0. The second kappa shape index (κ2) is 6.39. The first-order chi connectivity index (χ1) is 10.0. The SMILES string of the molecule is COc1ccc(S(=O)(=O)NCc2ccc(C#N)cc2)cc1. The van der Waals surface area contributed by atoms with Crippen LogP contribution in [0.1, 0.15) is 11.1 Å². The fourth-order valence-electron chi connectivity index (χ4n) is 1.71. The molecule has 0 heterocycles. The predicted octanol–water partition coefficient (Wildman–Crippen LogP) is 2.05.